The van der Waals surface area contributed by atoms with E-state index < -0.39 is 156 Å². The highest BCUT2D eigenvalue weighted by atomic mass is 31.2. The first-order chi connectivity index (χ1) is 45.8. The second kappa shape index (κ2) is 52.4. The molecule has 0 aromatic rings. The van der Waals surface area contributed by atoms with Crippen LogP contribution in [0.3, 0.4) is 0 Å². The molecule has 25 heteroatoms. The summed E-state index contributed by atoms with van der Waals surface area (Å²) in [4.78, 5) is 50.9. The van der Waals surface area contributed by atoms with Gasteiger partial charge in [0.15, 0.2) is 18.7 Å². The number of hydrogen-bond acceptors (Lipinski definition) is 23. The van der Waals surface area contributed by atoms with Gasteiger partial charge in [-0.3, -0.25) is 23.4 Å². The summed E-state index contributed by atoms with van der Waals surface area (Å²) in [5, 5.41) is 110. The minimum Gasteiger partial charge on any atom is -0.463 e. The number of hydrogen-bond donors (Lipinski definition) is 11. The Bertz CT molecular complexity index is 2070. The summed E-state index contributed by atoms with van der Waals surface area (Å²) >= 11 is 0. The van der Waals surface area contributed by atoms with Crippen LogP contribution in [0.4, 0.5) is 0 Å². The van der Waals surface area contributed by atoms with E-state index in [1.807, 2.05) is 0 Å². The van der Waals surface area contributed by atoms with Crippen molar-refractivity contribution in [3.8, 4) is 0 Å². The highest BCUT2D eigenvalue weighted by Crippen LogP contribution is 2.49. The Kier molecular flexibility index (Phi) is 47.8. The molecule has 1 aliphatic carbocycles. The van der Waals surface area contributed by atoms with E-state index in [0.29, 0.717) is 19.3 Å². The minimum absolute atomic E-state index is 0.00802. The first-order valence-electron chi connectivity index (χ1n) is 36.6. The van der Waals surface area contributed by atoms with Gasteiger partial charge in [-0.15, -0.1) is 0 Å². The molecule has 3 fully saturated rings. The number of ether oxygens (including phenoxy) is 7. The number of allylic oxidation sites excluding steroid dienone is 4. The van der Waals surface area contributed by atoms with Crippen molar-refractivity contribution in [3.63, 3.8) is 0 Å². The summed E-state index contributed by atoms with van der Waals surface area (Å²) in [5.74, 6) is -2.01. The Balaban J connectivity index is 1.75. The number of phosphoric acid groups is 1. The Morgan fingerprint density at radius 2 is 0.737 bits per heavy atom. The van der Waals surface area contributed by atoms with Gasteiger partial charge in [-0.1, -0.05) is 206 Å². The van der Waals surface area contributed by atoms with E-state index in [0.717, 1.165) is 116 Å². The Labute approximate surface area is 566 Å². The van der Waals surface area contributed by atoms with Gasteiger partial charge in [0.1, 0.15) is 98.7 Å². The molecule has 18 unspecified atom stereocenters. The third-order valence-electron chi connectivity index (χ3n) is 18.0. The summed E-state index contributed by atoms with van der Waals surface area (Å²) in [5.41, 5.74) is 0. The molecule has 2 aliphatic heterocycles. The van der Waals surface area contributed by atoms with E-state index in [4.69, 9.17) is 42.2 Å². The summed E-state index contributed by atoms with van der Waals surface area (Å²) in [6.45, 7) is 3.39. The fourth-order valence-corrected chi connectivity index (χ4v) is 12.9. The number of esters is 3. The van der Waals surface area contributed by atoms with Gasteiger partial charge in [0.05, 0.1) is 13.2 Å². The Morgan fingerprint density at radius 1 is 0.400 bits per heavy atom. The van der Waals surface area contributed by atoms with Gasteiger partial charge in [-0.2, -0.15) is 0 Å². The van der Waals surface area contributed by atoms with Crippen LogP contribution >= 0.6 is 7.82 Å². The molecule has 0 aromatic carbocycles. The molecule has 2 heterocycles. The van der Waals surface area contributed by atoms with E-state index in [9.17, 15) is 74.9 Å². The number of aliphatic hydroxyl groups is 10. The van der Waals surface area contributed by atoms with Gasteiger partial charge < -0.3 is 89.1 Å². The van der Waals surface area contributed by atoms with Crippen molar-refractivity contribution in [3.05, 3.63) is 24.3 Å². The van der Waals surface area contributed by atoms with Crippen LogP contribution in [0.1, 0.15) is 271 Å². The van der Waals surface area contributed by atoms with Crippen molar-refractivity contribution in [2.45, 2.75) is 375 Å². The summed E-state index contributed by atoms with van der Waals surface area (Å²) < 4.78 is 64.9. The second-order valence-electron chi connectivity index (χ2n) is 26.3. The lowest BCUT2D eigenvalue weighted by molar-refractivity contribution is -0.360. The molecule has 0 bridgehead atoms. The fourth-order valence-electron chi connectivity index (χ4n) is 11.9. The van der Waals surface area contributed by atoms with Gasteiger partial charge in [0.2, 0.25) is 0 Å². The van der Waals surface area contributed by atoms with Gasteiger partial charge in [0.25, 0.3) is 0 Å². The lowest BCUT2D eigenvalue weighted by atomic mass is 9.84. The second-order valence-corrected chi connectivity index (χ2v) is 27.7. The zero-order valence-electron chi connectivity index (χ0n) is 57.7. The normalized spacial score (nSPS) is 28.2. The number of rotatable bonds is 56. The SMILES string of the molecule is CCCCCC/C=C\CCCCCCCCCC(=O)OC(COC(=O)CCCCCCCCCCCCCC)COP(=O)(O)OC1C(OC2OC(CO)C(O)C(O)C2O)C(O)C(O)C(O)C1OC1OC(COC(=O)CCCCC/C=C\CCCCCCCC)C(O)C(O)C1O. The average molecular weight is 1380 g/mol. The van der Waals surface area contributed by atoms with Crippen molar-refractivity contribution in [2.75, 3.05) is 26.4 Å². The lowest BCUT2D eigenvalue weighted by Crippen LogP contribution is -2.69. The molecule has 556 valence electrons. The van der Waals surface area contributed by atoms with Crippen LogP contribution in [0.15, 0.2) is 24.3 Å². The first kappa shape index (κ1) is 86.7. The molecular weight excluding hydrogens is 1260 g/mol. The van der Waals surface area contributed by atoms with E-state index >= 15 is 0 Å². The third kappa shape index (κ3) is 36.1. The maximum Gasteiger partial charge on any atom is 0.472 e. The third-order valence-corrected chi connectivity index (χ3v) is 18.9. The molecule has 0 spiro atoms. The molecule has 0 amide bonds. The van der Waals surface area contributed by atoms with Crippen molar-refractivity contribution < 1.29 is 117 Å². The average Bonchev–Trinajstić information content (AvgIpc) is 0.764. The number of carbonyl (C=O) groups excluding carboxylic acids is 3. The maximum atomic E-state index is 14.3. The number of unbranched alkanes of at least 4 members (excludes halogenated alkanes) is 31. The summed E-state index contributed by atoms with van der Waals surface area (Å²) in [6.07, 6.45) is 11.2. The van der Waals surface area contributed by atoms with Crippen molar-refractivity contribution in [2.24, 2.45) is 0 Å². The molecule has 95 heavy (non-hydrogen) atoms. The monoisotopic (exact) mass is 1380 g/mol. The first-order valence-corrected chi connectivity index (χ1v) is 38.1. The molecule has 2 saturated heterocycles. The van der Waals surface area contributed by atoms with E-state index in [1.165, 1.54) is 96.3 Å². The Hall–Kier alpha value is -2.56. The highest BCUT2D eigenvalue weighted by molar-refractivity contribution is 7.47. The van der Waals surface area contributed by atoms with Crippen LogP contribution in [0.5, 0.6) is 0 Å². The number of aliphatic hydroxyl groups excluding tert-OH is 10. The quantitative estimate of drug-likeness (QED) is 0.00887. The van der Waals surface area contributed by atoms with Gasteiger partial charge in [-0.25, -0.2) is 4.57 Å². The van der Waals surface area contributed by atoms with Crippen LogP contribution < -0.4 is 0 Å². The van der Waals surface area contributed by atoms with E-state index in [-0.39, 0.29) is 19.3 Å². The molecule has 0 radical (unpaired) electrons. The molecule has 3 rings (SSSR count). The molecule has 3 aliphatic rings. The standard InChI is InChI=1S/C70H127O24P/c1-4-7-10-13-16-19-22-25-26-28-31-34-37-40-43-46-56(74)89-51(48-86-54(72)44-41-38-35-32-29-24-21-18-15-12-9-6-3)49-88-95(84,85)94-68-66(92-69-64(82)59(77)57(75)52(47-71)90-69)62(80)61(79)63(81)67(68)93-70-65(83)60(78)58(76)53(91-70)50-87-55(73)45-42-39-36-33-30-27-23-20-17-14-11-8-5-2/h19,22,27,30,51-53,57-71,75-83H,4-18,20-21,23-26,28-29,31-50H2,1-3H3,(H,84,85)/b22-19-,30-27-. The van der Waals surface area contributed by atoms with Crippen LogP contribution in [0, 0.1) is 0 Å². The Morgan fingerprint density at radius 3 is 1.16 bits per heavy atom. The molecule has 11 N–H and O–H groups in total. The minimum atomic E-state index is -5.69. The van der Waals surface area contributed by atoms with Crippen LogP contribution in [0.25, 0.3) is 0 Å². The molecular formula is C70H127O24P. The van der Waals surface area contributed by atoms with Gasteiger partial charge in [0, 0.05) is 19.3 Å². The topological polar surface area (TPSA) is 374 Å². The zero-order valence-corrected chi connectivity index (χ0v) is 58.6. The molecule has 24 nitrogen and oxygen atoms in total. The van der Waals surface area contributed by atoms with E-state index in [1.54, 1.807) is 0 Å². The van der Waals surface area contributed by atoms with Crippen molar-refractivity contribution >= 4 is 25.7 Å². The van der Waals surface area contributed by atoms with Crippen LogP contribution in [-0.4, -0.2) is 204 Å². The predicted molar refractivity (Wildman–Crippen MR) is 356 cm³/mol. The predicted octanol–water partition coefficient (Wildman–Crippen LogP) is 9.35. The van der Waals surface area contributed by atoms with E-state index in [2.05, 4.69) is 45.1 Å². The number of phosphoric ester groups is 1. The molecule has 0 aromatic heterocycles. The highest BCUT2D eigenvalue weighted by Gasteiger charge is 2.58. The lowest BCUT2D eigenvalue weighted by Gasteiger charge is -2.49. The smallest absolute Gasteiger partial charge is 0.463 e. The van der Waals surface area contributed by atoms with Crippen molar-refractivity contribution in [1.82, 2.24) is 0 Å². The molecule has 18 atom stereocenters. The van der Waals surface area contributed by atoms with Crippen LogP contribution in [-0.2, 0) is 61.2 Å². The van der Waals surface area contributed by atoms with Gasteiger partial charge in [-0.05, 0) is 70.6 Å². The zero-order chi connectivity index (χ0) is 69.6. The molecule has 1 saturated carbocycles. The summed E-state index contributed by atoms with van der Waals surface area (Å²) in [7, 11) is -5.69. The largest absolute Gasteiger partial charge is 0.472 e. The summed E-state index contributed by atoms with van der Waals surface area (Å²) in [6, 6.07) is 0. The maximum absolute atomic E-state index is 14.3. The van der Waals surface area contributed by atoms with Gasteiger partial charge >= 0.3 is 25.7 Å². The van der Waals surface area contributed by atoms with Crippen LogP contribution in [0.2, 0.25) is 0 Å². The number of carbonyl (C=O) groups is 3. The van der Waals surface area contributed by atoms with Crippen molar-refractivity contribution in [1.29, 1.82) is 0 Å². The fraction of sp³-hybridized carbons (Fsp3) is 0.900.